The summed E-state index contributed by atoms with van der Waals surface area (Å²) in [5.41, 5.74) is -0.335. The van der Waals surface area contributed by atoms with Crippen LogP contribution in [0, 0.1) is 15.5 Å². The molecule has 22 heavy (non-hydrogen) atoms. The van der Waals surface area contributed by atoms with Gasteiger partial charge >= 0.3 is 6.09 Å². The normalized spacial score (nSPS) is 21.7. The molecular weight excluding hydrogens is 288 g/mol. The van der Waals surface area contributed by atoms with Gasteiger partial charge in [-0.15, -0.1) is 0 Å². The van der Waals surface area contributed by atoms with Crippen LogP contribution in [-0.4, -0.2) is 39.7 Å². The number of hydrogen-bond donors (Lipinski definition) is 1. The van der Waals surface area contributed by atoms with E-state index in [1.54, 1.807) is 12.1 Å². The average molecular weight is 308 g/mol. The Balaban J connectivity index is 2.23. The lowest BCUT2D eigenvalue weighted by molar-refractivity contribution is -0.385. The summed E-state index contributed by atoms with van der Waals surface area (Å²) < 4.78 is 5.88. The van der Waals surface area contributed by atoms with Crippen LogP contribution in [0.1, 0.15) is 27.2 Å². The van der Waals surface area contributed by atoms with Crippen molar-refractivity contribution in [2.24, 2.45) is 5.41 Å². The fourth-order valence-electron chi connectivity index (χ4n) is 2.97. The van der Waals surface area contributed by atoms with Gasteiger partial charge in [0, 0.05) is 19.0 Å². The predicted molar refractivity (Wildman–Crippen MR) is 80.1 cm³/mol. The van der Waals surface area contributed by atoms with E-state index in [2.05, 4.69) is 0 Å². The van der Waals surface area contributed by atoms with Gasteiger partial charge in [0.25, 0.3) is 5.69 Å². The molecule has 2 atom stereocenters. The standard InChI is InChI=1S/C15H20N2O5/c1-15(2,3)13-12(7-8-16(13)14(18)19)22-11-6-4-5-10(9-11)17(20)21/h4-6,9,12-13H,7-8H2,1-3H3,(H,18,19). The molecule has 0 radical (unpaired) electrons. The van der Waals surface area contributed by atoms with E-state index in [4.69, 9.17) is 4.74 Å². The highest BCUT2D eigenvalue weighted by molar-refractivity contribution is 5.66. The minimum absolute atomic E-state index is 0.0436. The highest BCUT2D eigenvalue weighted by Crippen LogP contribution is 2.35. The Hall–Kier alpha value is -2.31. The Morgan fingerprint density at radius 3 is 2.68 bits per heavy atom. The molecule has 1 fully saturated rings. The summed E-state index contributed by atoms with van der Waals surface area (Å²) in [5.74, 6) is 0.390. The molecule has 1 saturated heterocycles. The largest absolute Gasteiger partial charge is 0.488 e. The summed E-state index contributed by atoms with van der Waals surface area (Å²) in [6.45, 7) is 6.28. The monoisotopic (exact) mass is 308 g/mol. The number of carbonyl (C=O) groups is 1. The fraction of sp³-hybridized carbons (Fsp3) is 0.533. The van der Waals surface area contributed by atoms with E-state index in [9.17, 15) is 20.0 Å². The van der Waals surface area contributed by atoms with Crippen LogP contribution in [0.25, 0.3) is 0 Å². The third kappa shape index (κ3) is 3.29. The number of ether oxygens (including phenoxy) is 1. The lowest BCUT2D eigenvalue weighted by Crippen LogP contribution is -2.48. The van der Waals surface area contributed by atoms with Crippen molar-refractivity contribution in [3.63, 3.8) is 0 Å². The summed E-state index contributed by atoms with van der Waals surface area (Å²) >= 11 is 0. The topological polar surface area (TPSA) is 92.9 Å². The summed E-state index contributed by atoms with van der Waals surface area (Å²) in [6, 6.07) is 5.67. The second kappa shape index (κ2) is 5.82. The lowest BCUT2D eigenvalue weighted by atomic mass is 9.84. The molecular formula is C15H20N2O5. The zero-order valence-electron chi connectivity index (χ0n) is 12.9. The van der Waals surface area contributed by atoms with Gasteiger partial charge in [-0.3, -0.25) is 10.1 Å². The number of carboxylic acid groups (broad SMARTS) is 1. The molecule has 120 valence electrons. The molecule has 7 heteroatoms. The van der Waals surface area contributed by atoms with E-state index in [-0.39, 0.29) is 23.2 Å². The zero-order valence-corrected chi connectivity index (χ0v) is 12.9. The van der Waals surface area contributed by atoms with Crippen LogP contribution in [0.4, 0.5) is 10.5 Å². The van der Waals surface area contributed by atoms with Crippen molar-refractivity contribution in [3.05, 3.63) is 34.4 Å². The van der Waals surface area contributed by atoms with Crippen LogP contribution >= 0.6 is 0 Å². The number of non-ortho nitro benzene ring substituents is 1. The van der Waals surface area contributed by atoms with E-state index in [1.165, 1.54) is 17.0 Å². The SMILES string of the molecule is CC(C)(C)C1C(Oc2cccc([N+](=O)[O-])c2)CCN1C(=O)O. The van der Waals surface area contributed by atoms with Gasteiger partial charge in [-0.1, -0.05) is 26.8 Å². The highest BCUT2D eigenvalue weighted by Gasteiger charge is 2.45. The predicted octanol–water partition coefficient (Wildman–Crippen LogP) is 3.14. The number of hydrogen-bond acceptors (Lipinski definition) is 4. The summed E-state index contributed by atoms with van der Waals surface area (Å²) in [4.78, 5) is 23.1. The number of nitro groups is 1. The minimum atomic E-state index is -0.968. The number of benzene rings is 1. The number of rotatable bonds is 3. The van der Waals surface area contributed by atoms with Crippen molar-refractivity contribution >= 4 is 11.8 Å². The Morgan fingerprint density at radius 1 is 1.45 bits per heavy atom. The van der Waals surface area contributed by atoms with E-state index >= 15 is 0 Å². The number of likely N-dealkylation sites (tertiary alicyclic amines) is 1. The first-order valence-electron chi connectivity index (χ1n) is 7.11. The Bertz CT molecular complexity index is 582. The molecule has 7 nitrogen and oxygen atoms in total. The van der Waals surface area contributed by atoms with Gasteiger partial charge < -0.3 is 14.7 Å². The van der Waals surface area contributed by atoms with Crippen LogP contribution in [-0.2, 0) is 0 Å². The average Bonchev–Trinajstić information content (AvgIpc) is 2.82. The van der Waals surface area contributed by atoms with Crippen LogP contribution in [0.3, 0.4) is 0 Å². The van der Waals surface area contributed by atoms with Gasteiger partial charge in [0.2, 0.25) is 0 Å². The van der Waals surface area contributed by atoms with Crippen molar-refractivity contribution < 1.29 is 19.6 Å². The second-order valence-electron chi connectivity index (χ2n) is 6.49. The van der Waals surface area contributed by atoms with Crippen LogP contribution in [0.15, 0.2) is 24.3 Å². The molecule has 1 aromatic rings. The Kier molecular flexibility index (Phi) is 4.25. The van der Waals surface area contributed by atoms with Gasteiger partial charge in [-0.2, -0.15) is 0 Å². The summed E-state index contributed by atoms with van der Waals surface area (Å²) in [5, 5.41) is 20.1. The first-order valence-corrected chi connectivity index (χ1v) is 7.11. The zero-order chi connectivity index (χ0) is 16.5. The maximum Gasteiger partial charge on any atom is 0.407 e. The molecule has 0 bridgehead atoms. The molecule has 1 aliphatic heterocycles. The molecule has 1 aliphatic rings. The molecule has 0 spiro atoms. The van der Waals surface area contributed by atoms with Crippen molar-refractivity contribution in [1.82, 2.24) is 4.90 Å². The van der Waals surface area contributed by atoms with Crippen molar-refractivity contribution in [2.75, 3.05) is 6.54 Å². The first kappa shape index (κ1) is 16.1. The van der Waals surface area contributed by atoms with E-state index in [0.717, 1.165) is 0 Å². The summed E-state index contributed by atoms with van der Waals surface area (Å²) in [6.07, 6.45) is -0.722. The van der Waals surface area contributed by atoms with Crippen molar-refractivity contribution in [2.45, 2.75) is 39.3 Å². The maximum absolute atomic E-state index is 11.4. The van der Waals surface area contributed by atoms with Gasteiger partial charge in [0.15, 0.2) is 0 Å². The van der Waals surface area contributed by atoms with Crippen LogP contribution in [0.2, 0.25) is 0 Å². The molecule has 1 N–H and O–H groups in total. The number of nitro benzene ring substituents is 1. The smallest absolute Gasteiger partial charge is 0.407 e. The Labute approximate surface area is 128 Å². The van der Waals surface area contributed by atoms with Crippen LogP contribution < -0.4 is 4.74 Å². The third-order valence-electron chi connectivity index (χ3n) is 3.79. The highest BCUT2D eigenvalue weighted by atomic mass is 16.6. The molecule has 1 aromatic carbocycles. The Morgan fingerprint density at radius 2 is 2.14 bits per heavy atom. The van der Waals surface area contributed by atoms with Gasteiger partial charge in [0.1, 0.15) is 11.9 Å². The van der Waals surface area contributed by atoms with Crippen molar-refractivity contribution in [1.29, 1.82) is 0 Å². The third-order valence-corrected chi connectivity index (χ3v) is 3.79. The minimum Gasteiger partial charge on any atom is -0.488 e. The van der Waals surface area contributed by atoms with E-state index in [1.807, 2.05) is 20.8 Å². The first-order chi connectivity index (χ1) is 10.2. The quantitative estimate of drug-likeness (QED) is 0.684. The fourth-order valence-corrected chi connectivity index (χ4v) is 2.97. The molecule has 1 amide bonds. The molecule has 2 rings (SSSR count). The maximum atomic E-state index is 11.4. The second-order valence-corrected chi connectivity index (χ2v) is 6.49. The number of amides is 1. The molecule has 1 heterocycles. The molecule has 0 saturated carbocycles. The van der Waals surface area contributed by atoms with Gasteiger partial charge in [-0.25, -0.2) is 4.79 Å². The number of nitrogens with zero attached hydrogens (tertiary/aromatic N) is 2. The van der Waals surface area contributed by atoms with Crippen molar-refractivity contribution in [3.8, 4) is 5.75 Å². The molecule has 0 aromatic heterocycles. The van der Waals surface area contributed by atoms with Crippen LogP contribution in [0.5, 0.6) is 5.75 Å². The van der Waals surface area contributed by atoms with Gasteiger partial charge in [-0.05, 0) is 11.5 Å². The van der Waals surface area contributed by atoms with E-state index < -0.39 is 11.0 Å². The molecule has 2 unspecified atom stereocenters. The lowest BCUT2D eigenvalue weighted by Gasteiger charge is -2.36. The summed E-state index contributed by atoms with van der Waals surface area (Å²) in [7, 11) is 0. The molecule has 0 aliphatic carbocycles. The van der Waals surface area contributed by atoms with E-state index in [0.29, 0.717) is 18.7 Å². The van der Waals surface area contributed by atoms with Gasteiger partial charge in [0.05, 0.1) is 17.0 Å².